The minimum Gasteiger partial charge on any atom is -0.352 e. The lowest BCUT2D eigenvalue weighted by Gasteiger charge is -2.22. The third-order valence-electron chi connectivity index (χ3n) is 6.85. The average molecular weight is 487 g/mol. The number of nitrogens with zero attached hydrogens (tertiary/aromatic N) is 2. The molecule has 0 radical (unpaired) electrons. The molecule has 0 saturated carbocycles. The van der Waals surface area contributed by atoms with Crippen LogP contribution in [-0.4, -0.2) is 24.2 Å². The van der Waals surface area contributed by atoms with E-state index >= 15 is 0 Å². The Hall–Kier alpha value is -3.48. The number of hydrogen-bond acceptors (Lipinski definition) is 4. The topological polar surface area (TPSA) is 44.2 Å². The first-order chi connectivity index (χ1) is 17.6. The molecule has 0 fully saturated rings. The number of halogens is 2. The van der Waals surface area contributed by atoms with Gasteiger partial charge in [0.15, 0.2) is 11.9 Å². The average Bonchev–Trinajstić information content (AvgIpc) is 2.93. The third kappa shape index (κ3) is 4.54. The molecule has 1 aliphatic rings. The van der Waals surface area contributed by atoms with Gasteiger partial charge in [-0.15, -0.1) is 0 Å². The van der Waals surface area contributed by atoms with Crippen LogP contribution in [0.15, 0.2) is 73.1 Å². The Morgan fingerprint density at radius 1 is 0.750 bits per heavy atom. The standard InChI is InChI=1S/C22H22F2O2.C8H6N2/c1-25-22(26-2)17-9-5-8-16-15-11-10-13-6-3-4-7-14(13)18(15)12-19(20(16)17)21(23)24;1-3-7-4-2-6-10-8(7)9-5-1/h5,8-12,21-22H,3-4,6-7H2,1-2H3;1-6H. The lowest BCUT2D eigenvalue weighted by Crippen LogP contribution is -2.07. The van der Waals surface area contributed by atoms with Gasteiger partial charge in [-0.2, -0.15) is 0 Å². The van der Waals surface area contributed by atoms with Crippen LogP contribution in [0.2, 0.25) is 0 Å². The number of aryl methyl sites for hydroxylation is 2. The van der Waals surface area contributed by atoms with Gasteiger partial charge in [0.1, 0.15) is 0 Å². The van der Waals surface area contributed by atoms with Crippen molar-refractivity contribution in [1.29, 1.82) is 0 Å². The molecule has 0 aliphatic heterocycles. The summed E-state index contributed by atoms with van der Waals surface area (Å²) in [6.45, 7) is 0. The quantitative estimate of drug-likeness (QED) is 0.193. The van der Waals surface area contributed by atoms with Gasteiger partial charge in [0.2, 0.25) is 0 Å². The van der Waals surface area contributed by atoms with E-state index in [0.29, 0.717) is 10.9 Å². The Kier molecular flexibility index (Phi) is 7.16. The first-order valence-corrected chi connectivity index (χ1v) is 12.1. The molecule has 184 valence electrons. The highest BCUT2D eigenvalue weighted by Crippen LogP contribution is 2.41. The van der Waals surface area contributed by atoms with Crippen LogP contribution in [0, 0.1) is 0 Å². The van der Waals surface area contributed by atoms with Crippen LogP contribution < -0.4 is 0 Å². The third-order valence-corrected chi connectivity index (χ3v) is 6.85. The molecule has 6 heteroatoms. The van der Waals surface area contributed by atoms with E-state index in [1.54, 1.807) is 24.5 Å². The highest BCUT2D eigenvalue weighted by atomic mass is 19.3. The number of methoxy groups -OCH3 is 2. The summed E-state index contributed by atoms with van der Waals surface area (Å²) in [6, 6.07) is 19.3. The molecule has 0 bridgehead atoms. The highest BCUT2D eigenvalue weighted by Gasteiger charge is 2.23. The lowest BCUT2D eigenvalue weighted by molar-refractivity contribution is -0.105. The van der Waals surface area contributed by atoms with Gasteiger partial charge in [0, 0.05) is 43.1 Å². The van der Waals surface area contributed by atoms with E-state index < -0.39 is 12.7 Å². The maximum absolute atomic E-state index is 14.0. The predicted molar refractivity (Wildman–Crippen MR) is 139 cm³/mol. The molecule has 0 amide bonds. The summed E-state index contributed by atoms with van der Waals surface area (Å²) in [4.78, 5) is 8.14. The van der Waals surface area contributed by atoms with Gasteiger partial charge >= 0.3 is 0 Å². The Balaban J connectivity index is 0.000000222. The van der Waals surface area contributed by atoms with Crippen molar-refractivity contribution >= 4 is 32.6 Å². The SMILES string of the molecule is COC(OC)c1cccc2c1c(C(F)F)cc1c3c(ccc12)CCCC3.c1cnc2ncccc2c1. The summed E-state index contributed by atoms with van der Waals surface area (Å²) < 4.78 is 38.8. The second kappa shape index (κ2) is 10.6. The zero-order valence-corrected chi connectivity index (χ0v) is 20.4. The van der Waals surface area contributed by atoms with Crippen molar-refractivity contribution < 1.29 is 18.3 Å². The highest BCUT2D eigenvalue weighted by molar-refractivity contribution is 6.11. The van der Waals surface area contributed by atoms with Crippen LogP contribution in [0.5, 0.6) is 0 Å². The Morgan fingerprint density at radius 2 is 1.47 bits per heavy atom. The summed E-state index contributed by atoms with van der Waals surface area (Å²) in [5.74, 6) is 0. The Labute approximate surface area is 208 Å². The zero-order valence-electron chi connectivity index (χ0n) is 20.4. The van der Waals surface area contributed by atoms with Crippen LogP contribution in [0.4, 0.5) is 8.78 Å². The van der Waals surface area contributed by atoms with Crippen molar-refractivity contribution in [1.82, 2.24) is 9.97 Å². The molecule has 0 saturated heterocycles. The second-order valence-corrected chi connectivity index (χ2v) is 8.90. The van der Waals surface area contributed by atoms with Crippen LogP contribution in [-0.2, 0) is 22.3 Å². The van der Waals surface area contributed by atoms with Gasteiger partial charge in [-0.25, -0.2) is 18.7 Å². The molecule has 0 N–H and O–H groups in total. The molecule has 2 heterocycles. The van der Waals surface area contributed by atoms with E-state index in [2.05, 4.69) is 22.1 Å². The fourth-order valence-electron chi connectivity index (χ4n) is 5.23. The largest absolute Gasteiger partial charge is 0.352 e. The van der Waals surface area contributed by atoms with Crippen molar-refractivity contribution in [2.75, 3.05) is 14.2 Å². The number of alkyl halides is 2. The number of aromatic nitrogens is 2. The molecule has 4 nitrogen and oxygen atoms in total. The van der Waals surface area contributed by atoms with Crippen LogP contribution >= 0.6 is 0 Å². The normalized spacial score (nSPS) is 13.3. The first kappa shape index (κ1) is 24.2. The molecule has 2 aromatic heterocycles. The smallest absolute Gasteiger partial charge is 0.264 e. The van der Waals surface area contributed by atoms with E-state index in [1.165, 1.54) is 31.8 Å². The van der Waals surface area contributed by atoms with Gasteiger partial charge in [-0.1, -0.05) is 30.3 Å². The molecule has 0 unspecified atom stereocenters. The predicted octanol–water partition coefficient (Wildman–Crippen LogP) is 7.73. The fraction of sp³-hybridized carbons (Fsp3) is 0.267. The summed E-state index contributed by atoms with van der Waals surface area (Å²) in [6.07, 6.45) is 4.53. The molecule has 6 rings (SSSR count). The van der Waals surface area contributed by atoms with E-state index in [1.807, 2.05) is 36.4 Å². The maximum Gasteiger partial charge on any atom is 0.264 e. The molecule has 0 atom stereocenters. The zero-order chi connectivity index (χ0) is 25.1. The summed E-state index contributed by atoms with van der Waals surface area (Å²) in [7, 11) is 3.04. The number of fused-ring (bicyclic) bond motifs is 6. The van der Waals surface area contributed by atoms with Crippen molar-refractivity contribution in [3.05, 3.63) is 95.3 Å². The van der Waals surface area contributed by atoms with Crippen molar-refractivity contribution in [3.8, 4) is 0 Å². The van der Waals surface area contributed by atoms with E-state index in [0.717, 1.165) is 46.5 Å². The van der Waals surface area contributed by atoms with Crippen LogP contribution in [0.1, 0.15) is 47.8 Å². The Morgan fingerprint density at radius 3 is 2.14 bits per heavy atom. The molecule has 1 aliphatic carbocycles. The number of rotatable bonds is 4. The first-order valence-electron chi connectivity index (χ1n) is 12.1. The minimum absolute atomic E-state index is 0.0566. The van der Waals surface area contributed by atoms with E-state index in [-0.39, 0.29) is 5.56 Å². The molecular formula is C30H28F2N2O2. The summed E-state index contributed by atoms with van der Waals surface area (Å²) in [5, 5.41) is 4.46. The number of benzene rings is 3. The van der Waals surface area contributed by atoms with Gasteiger partial charge in [-0.05, 0) is 88.7 Å². The van der Waals surface area contributed by atoms with E-state index in [4.69, 9.17) is 9.47 Å². The van der Waals surface area contributed by atoms with E-state index in [9.17, 15) is 8.78 Å². The number of pyridine rings is 2. The molecule has 5 aromatic rings. The van der Waals surface area contributed by atoms with Crippen molar-refractivity contribution in [2.45, 2.75) is 38.4 Å². The monoisotopic (exact) mass is 486 g/mol. The van der Waals surface area contributed by atoms with Gasteiger partial charge < -0.3 is 9.47 Å². The number of ether oxygens (including phenoxy) is 2. The lowest BCUT2D eigenvalue weighted by atomic mass is 9.84. The summed E-state index contributed by atoms with van der Waals surface area (Å²) >= 11 is 0. The molecular weight excluding hydrogens is 458 g/mol. The second-order valence-electron chi connectivity index (χ2n) is 8.90. The molecule has 3 aromatic carbocycles. The molecule has 36 heavy (non-hydrogen) atoms. The van der Waals surface area contributed by atoms with Crippen molar-refractivity contribution in [3.63, 3.8) is 0 Å². The summed E-state index contributed by atoms with van der Waals surface area (Å²) in [5.41, 5.74) is 4.04. The fourth-order valence-corrected chi connectivity index (χ4v) is 5.23. The van der Waals surface area contributed by atoms with Crippen LogP contribution in [0.25, 0.3) is 32.6 Å². The van der Waals surface area contributed by atoms with Gasteiger partial charge in [-0.3, -0.25) is 0 Å². The van der Waals surface area contributed by atoms with Gasteiger partial charge in [0.25, 0.3) is 6.43 Å². The van der Waals surface area contributed by atoms with Crippen molar-refractivity contribution in [2.24, 2.45) is 0 Å². The maximum atomic E-state index is 14.0. The minimum atomic E-state index is -2.56. The number of hydrogen-bond donors (Lipinski definition) is 0. The van der Waals surface area contributed by atoms with Crippen LogP contribution in [0.3, 0.4) is 0 Å². The molecule has 0 spiro atoms. The van der Waals surface area contributed by atoms with Gasteiger partial charge in [0.05, 0.1) is 0 Å². The Bertz CT molecular complexity index is 1450.